The summed E-state index contributed by atoms with van der Waals surface area (Å²) in [5.41, 5.74) is 2.24. The summed E-state index contributed by atoms with van der Waals surface area (Å²) < 4.78 is 6.73. The summed E-state index contributed by atoms with van der Waals surface area (Å²) in [4.78, 5) is 27.2. The number of rotatable bonds is 8. The lowest BCUT2D eigenvalue weighted by Gasteiger charge is -2.40. The van der Waals surface area contributed by atoms with Crippen LogP contribution in [-0.2, 0) is 17.0 Å². The lowest BCUT2D eigenvalue weighted by atomic mass is 9.92. The molecule has 0 bridgehead atoms. The Morgan fingerprint density at radius 2 is 1.71 bits per heavy atom. The number of hydrogen-bond donors (Lipinski definition) is 1. The Labute approximate surface area is 203 Å². The Balaban J connectivity index is 1.63. The third kappa shape index (κ3) is 3.84. The van der Waals surface area contributed by atoms with E-state index in [1.807, 2.05) is 48.5 Å². The van der Waals surface area contributed by atoms with Crippen molar-refractivity contribution in [3.05, 3.63) is 106 Å². The zero-order valence-electron chi connectivity index (χ0n) is 19.0. The largest absolute Gasteiger partial charge is 0.396 e. The van der Waals surface area contributed by atoms with Gasteiger partial charge in [-0.1, -0.05) is 66.2 Å². The molecule has 34 heavy (non-hydrogen) atoms. The van der Waals surface area contributed by atoms with Crippen molar-refractivity contribution < 1.29 is 19.4 Å². The third-order valence-corrected chi connectivity index (χ3v) is 7.22. The van der Waals surface area contributed by atoms with Gasteiger partial charge in [0.15, 0.2) is 11.5 Å². The van der Waals surface area contributed by atoms with Gasteiger partial charge in [0.25, 0.3) is 5.91 Å². The van der Waals surface area contributed by atoms with Gasteiger partial charge in [-0.3, -0.25) is 14.5 Å². The number of Topliss-reactive ketones (excluding diaryl/α,β-unsaturated/α-hetero) is 1. The highest BCUT2D eigenvalue weighted by Gasteiger charge is 2.54. The van der Waals surface area contributed by atoms with Crippen LogP contribution in [0.5, 0.6) is 0 Å². The van der Waals surface area contributed by atoms with Crippen LogP contribution >= 0.6 is 11.6 Å². The van der Waals surface area contributed by atoms with Gasteiger partial charge in [0.2, 0.25) is 0 Å². The summed E-state index contributed by atoms with van der Waals surface area (Å²) in [5, 5.41) is 10.5. The molecule has 1 unspecified atom stereocenters. The van der Waals surface area contributed by atoms with E-state index >= 15 is 0 Å². The molecule has 0 aromatic heterocycles. The first-order valence-corrected chi connectivity index (χ1v) is 11.8. The van der Waals surface area contributed by atoms with Crippen LogP contribution in [0.2, 0.25) is 5.02 Å². The van der Waals surface area contributed by atoms with Crippen molar-refractivity contribution >= 4 is 23.3 Å². The summed E-state index contributed by atoms with van der Waals surface area (Å²) >= 11 is 6.20. The molecule has 5 rings (SSSR count). The molecule has 1 heterocycles. The van der Waals surface area contributed by atoms with Gasteiger partial charge in [-0.25, -0.2) is 0 Å². The normalized spacial score (nSPS) is 20.3. The van der Waals surface area contributed by atoms with E-state index in [1.54, 1.807) is 29.2 Å². The predicted octanol–water partition coefficient (Wildman–Crippen LogP) is 5.19. The molecule has 1 atom stereocenters. The summed E-state index contributed by atoms with van der Waals surface area (Å²) in [6, 6.07) is 22.2. The molecule has 5 nitrogen and oxygen atoms in total. The molecule has 1 saturated carbocycles. The molecule has 1 aliphatic carbocycles. The second-order valence-electron chi connectivity index (χ2n) is 9.29. The molecule has 3 aromatic rings. The van der Waals surface area contributed by atoms with E-state index in [9.17, 15) is 14.7 Å². The fourth-order valence-electron chi connectivity index (χ4n) is 4.62. The first-order valence-electron chi connectivity index (χ1n) is 11.4. The molecule has 1 fully saturated rings. The molecule has 3 aromatic carbocycles. The number of aliphatic hydroxyl groups excluding tert-OH is 1. The summed E-state index contributed by atoms with van der Waals surface area (Å²) in [6.45, 7) is 2.20. The number of benzene rings is 3. The van der Waals surface area contributed by atoms with Gasteiger partial charge in [0, 0.05) is 39.2 Å². The maximum Gasteiger partial charge on any atom is 0.257 e. The van der Waals surface area contributed by atoms with Gasteiger partial charge in [-0.05, 0) is 43.5 Å². The fourth-order valence-corrected chi connectivity index (χ4v) is 4.74. The lowest BCUT2D eigenvalue weighted by molar-refractivity contribution is -0.128. The standard InChI is InChI=1S/C28H26ClNO4/c1-19(32)21-8-6-20(7-9-21)16-30-26(33)24-4-2-3-5-25(24)28(30,22-10-12-23(29)13-11-22)34-18-27(17-31)14-15-27/h2-13,31H,14-18H2,1H3. The van der Waals surface area contributed by atoms with E-state index in [0.29, 0.717) is 29.3 Å². The number of amides is 1. The van der Waals surface area contributed by atoms with Gasteiger partial charge < -0.3 is 9.84 Å². The lowest BCUT2D eigenvalue weighted by Crippen LogP contribution is -2.47. The number of aliphatic hydroxyl groups is 1. The fraction of sp³-hybridized carbons (Fsp3) is 0.286. The van der Waals surface area contributed by atoms with Crippen LogP contribution in [0.3, 0.4) is 0 Å². The highest BCUT2D eigenvalue weighted by atomic mass is 35.5. The molecule has 0 radical (unpaired) electrons. The number of halogens is 1. The Morgan fingerprint density at radius 1 is 1.03 bits per heavy atom. The van der Waals surface area contributed by atoms with Crippen molar-refractivity contribution in [2.75, 3.05) is 13.2 Å². The number of nitrogens with zero attached hydrogens (tertiary/aromatic N) is 1. The number of carbonyl (C=O) groups is 2. The van der Waals surface area contributed by atoms with Crippen molar-refractivity contribution in [1.29, 1.82) is 0 Å². The van der Waals surface area contributed by atoms with E-state index in [0.717, 1.165) is 29.5 Å². The third-order valence-electron chi connectivity index (χ3n) is 6.96. The zero-order chi connectivity index (χ0) is 23.9. The van der Waals surface area contributed by atoms with Crippen molar-refractivity contribution in [1.82, 2.24) is 4.90 Å². The van der Waals surface area contributed by atoms with Crippen molar-refractivity contribution in [2.24, 2.45) is 5.41 Å². The average molecular weight is 476 g/mol. The number of hydrogen-bond acceptors (Lipinski definition) is 4. The first-order chi connectivity index (χ1) is 16.4. The maximum atomic E-state index is 13.8. The maximum absolute atomic E-state index is 13.8. The molecular formula is C28H26ClNO4. The van der Waals surface area contributed by atoms with Crippen LogP contribution in [0.4, 0.5) is 0 Å². The van der Waals surface area contributed by atoms with Gasteiger partial charge >= 0.3 is 0 Å². The average Bonchev–Trinajstić information content (AvgIpc) is 3.60. The van der Waals surface area contributed by atoms with Crippen LogP contribution in [0.1, 0.15) is 57.2 Å². The molecule has 1 aliphatic heterocycles. The highest BCUT2D eigenvalue weighted by Crippen LogP contribution is 2.51. The highest BCUT2D eigenvalue weighted by molar-refractivity contribution is 6.30. The summed E-state index contributed by atoms with van der Waals surface area (Å²) in [7, 11) is 0. The molecule has 6 heteroatoms. The SMILES string of the molecule is CC(=O)c1ccc(CN2C(=O)c3ccccc3C2(OCC2(CO)CC2)c2ccc(Cl)cc2)cc1. The summed E-state index contributed by atoms with van der Waals surface area (Å²) in [5.74, 6) is -0.135. The first kappa shape index (κ1) is 22.8. The number of carbonyl (C=O) groups excluding carboxylic acids is 2. The van der Waals surface area contributed by atoms with Crippen LogP contribution in [0.25, 0.3) is 0 Å². The topological polar surface area (TPSA) is 66.8 Å². The van der Waals surface area contributed by atoms with Crippen LogP contribution in [-0.4, -0.2) is 34.9 Å². The Hall–Kier alpha value is -2.99. The monoisotopic (exact) mass is 475 g/mol. The predicted molar refractivity (Wildman–Crippen MR) is 130 cm³/mol. The number of ether oxygens (including phenoxy) is 1. The van der Waals surface area contributed by atoms with E-state index in [1.165, 1.54) is 6.92 Å². The number of fused-ring (bicyclic) bond motifs is 1. The Morgan fingerprint density at radius 3 is 2.32 bits per heavy atom. The quantitative estimate of drug-likeness (QED) is 0.455. The molecule has 0 saturated heterocycles. The van der Waals surface area contributed by atoms with Crippen LogP contribution in [0.15, 0.2) is 72.8 Å². The minimum absolute atomic E-state index is 0.00576. The van der Waals surface area contributed by atoms with Gasteiger partial charge in [-0.2, -0.15) is 0 Å². The van der Waals surface area contributed by atoms with Crippen molar-refractivity contribution in [2.45, 2.75) is 32.0 Å². The van der Waals surface area contributed by atoms with Crippen LogP contribution in [0, 0.1) is 5.41 Å². The van der Waals surface area contributed by atoms with Crippen molar-refractivity contribution in [3.8, 4) is 0 Å². The molecule has 0 spiro atoms. The smallest absolute Gasteiger partial charge is 0.257 e. The van der Waals surface area contributed by atoms with E-state index < -0.39 is 5.72 Å². The second-order valence-corrected chi connectivity index (χ2v) is 9.72. The molecule has 2 aliphatic rings. The zero-order valence-corrected chi connectivity index (χ0v) is 19.7. The number of ketones is 1. The molecule has 1 amide bonds. The minimum Gasteiger partial charge on any atom is -0.396 e. The molecule has 174 valence electrons. The van der Waals surface area contributed by atoms with E-state index in [4.69, 9.17) is 16.3 Å². The Kier molecular flexibility index (Phi) is 5.80. The van der Waals surface area contributed by atoms with Crippen LogP contribution < -0.4 is 0 Å². The van der Waals surface area contributed by atoms with E-state index in [-0.39, 0.29) is 23.7 Å². The van der Waals surface area contributed by atoms with E-state index in [2.05, 4.69) is 0 Å². The molecular weight excluding hydrogens is 450 g/mol. The van der Waals surface area contributed by atoms with Gasteiger partial charge in [0.05, 0.1) is 13.2 Å². The van der Waals surface area contributed by atoms with Gasteiger partial charge in [0.1, 0.15) is 0 Å². The van der Waals surface area contributed by atoms with Crippen molar-refractivity contribution in [3.63, 3.8) is 0 Å². The van der Waals surface area contributed by atoms with Gasteiger partial charge in [-0.15, -0.1) is 0 Å². The second kappa shape index (κ2) is 8.66. The summed E-state index contributed by atoms with van der Waals surface area (Å²) in [6.07, 6.45) is 1.78. The molecule has 1 N–H and O–H groups in total. The Bertz CT molecular complexity index is 1230. The minimum atomic E-state index is -1.16.